The first kappa shape index (κ1) is 43.7. The molecular formula is C49H38Cl4N4O5. The molecule has 0 bridgehead atoms. The van der Waals surface area contributed by atoms with Gasteiger partial charge in [0.05, 0.1) is 18.2 Å². The molecule has 2 N–H and O–H groups in total. The van der Waals surface area contributed by atoms with Crippen LogP contribution in [0.15, 0.2) is 140 Å². The highest BCUT2D eigenvalue weighted by Crippen LogP contribution is 2.33. The maximum Gasteiger partial charge on any atom is 0.296 e. The number of rotatable bonds is 11. The van der Waals surface area contributed by atoms with Crippen LogP contribution in [0, 0.1) is 13.8 Å². The molecule has 0 aliphatic rings. The Bertz CT molecular complexity index is 3000. The summed E-state index contributed by atoms with van der Waals surface area (Å²) in [5, 5.41) is 8.88. The minimum Gasteiger partial charge on any atom is -0.497 e. The molecule has 6 aromatic carbocycles. The normalized spacial score (nSPS) is 10.9. The van der Waals surface area contributed by atoms with Crippen molar-refractivity contribution < 1.29 is 23.9 Å². The lowest BCUT2D eigenvalue weighted by molar-refractivity contribution is -0.113. The molecule has 0 aliphatic carbocycles. The molecule has 0 radical (unpaired) electrons. The minimum absolute atomic E-state index is 0.300. The van der Waals surface area contributed by atoms with E-state index in [1.54, 1.807) is 68.6 Å². The number of carbonyl (C=O) groups is 4. The Morgan fingerprint density at radius 3 is 1.76 bits per heavy atom. The van der Waals surface area contributed by atoms with Crippen molar-refractivity contribution in [1.82, 2.24) is 9.13 Å². The Hall–Kier alpha value is -6.36. The second-order valence-electron chi connectivity index (χ2n) is 14.3. The van der Waals surface area contributed by atoms with Crippen LogP contribution in [0.1, 0.15) is 43.2 Å². The van der Waals surface area contributed by atoms with Crippen LogP contribution >= 0.6 is 46.4 Å². The van der Waals surface area contributed by atoms with Gasteiger partial charge in [-0.3, -0.25) is 19.2 Å². The largest absolute Gasteiger partial charge is 0.497 e. The maximum absolute atomic E-state index is 13.3. The van der Waals surface area contributed by atoms with Gasteiger partial charge in [0.25, 0.3) is 23.4 Å². The number of methoxy groups -OCH3 is 1. The zero-order chi connectivity index (χ0) is 44.1. The molecule has 0 spiro atoms. The summed E-state index contributed by atoms with van der Waals surface area (Å²) >= 11 is 24.4. The molecule has 312 valence electrons. The van der Waals surface area contributed by atoms with E-state index in [0.717, 1.165) is 33.2 Å². The van der Waals surface area contributed by atoms with Crippen LogP contribution < -0.4 is 15.4 Å². The molecule has 0 unspecified atom stereocenters. The van der Waals surface area contributed by atoms with Crippen molar-refractivity contribution >= 4 is 103 Å². The van der Waals surface area contributed by atoms with Crippen LogP contribution in [-0.2, 0) is 22.7 Å². The predicted molar refractivity (Wildman–Crippen MR) is 250 cm³/mol. The number of ether oxygens (including phenoxy) is 1. The summed E-state index contributed by atoms with van der Waals surface area (Å²) in [4.78, 5) is 51.8. The number of fused-ring (bicyclic) bond motifs is 2. The van der Waals surface area contributed by atoms with Gasteiger partial charge in [-0.2, -0.15) is 0 Å². The highest BCUT2D eigenvalue weighted by molar-refractivity contribution is 6.49. The first-order chi connectivity index (χ1) is 29.8. The lowest BCUT2D eigenvalue weighted by Gasteiger charge is -2.11. The van der Waals surface area contributed by atoms with Crippen molar-refractivity contribution in [3.8, 4) is 5.75 Å². The van der Waals surface area contributed by atoms with Crippen LogP contribution in [0.25, 0.3) is 21.8 Å². The van der Waals surface area contributed by atoms with Crippen molar-refractivity contribution in [1.29, 1.82) is 0 Å². The SMILES string of the molecule is COc1ccc2c(c1)c(C(=O)C(=O)Nc1cccc(Cl)c1)c(C)n2Cc1ccc(Cl)cc1Cl.Cc1c(C(=O)C(=O)Nc2ccccc2)c2ccccc2n1Cc1ccc(Cl)cc1. The topological polar surface area (TPSA) is 111 Å². The highest BCUT2D eigenvalue weighted by atomic mass is 35.5. The first-order valence-corrected chi connectivity index (χ1v) is 20.8. The third-order valence-electron chi connectivity index (χ3n) is 10.3. The predicted octanol–water partition coefficient (Wildman–Crippen LogP) is 12.3. The number of amides is 2. The van der Waals surface area contributed by atoms with Crippen LogP contribution in [0.3, 0.4) is 0 Å². The van der Waals surface area contributed by atoms with Gasteiger partial charge < -0.3 is 24.5 Å². The van der Waals surface area contributed by atoms with E-state index in [4.69, 9.17) is 51.1 Å². The summed E-state index contributed by atoms with van der Waals surface area (Å²) in [6.45, 7) is 4.65. The molecule has 0 saturated carbocycles. The van der Waals surface area contributed by atoms with Gasteiger partial charge in [0.15, 0.2) is 0 Å². The fraction of sp³-hybridized carbons (Fsp3) is 0.102. The Balaban J connectivity index is 0.000000188. The summed E-state index contributed by atoms with van der Waals surface area (Å²) in [5.74, 6) is -2.03. The van der Waals surface area contributed by atoms with Gasteiger partial charge in [0, 0.05) is 77.7 Å². The van der Waals surface area contributed by atoms with Crippen molar-refractivity contribution in [2.24, 2.45) is 0 Å². The van der Waals surface area contributed by atoms with E-state index < -0.39 is 23.4 Å². The van der Waals surface area contributed by atoms with Crippen LogP contribution in [0.5, 0.6) is 5.75 Å². The maximum atomic E-state index is 13.3. The number of Topliss-reactive ketones (excluding diaryl/α,β-unsaturated/α-hetero) is 2. The van der Waals surface area contributed by atoms with E-state index >= 15 is 0 Å². The molecule has 8 rings (SSSR count). The van der Waals surface area contributed by atoms with Crippen molar-refractivity contribution in [2.75, 3.05) is 17.7 Å². The standard InChI is InChI=1S/C25H19Cl3N2O3.C24H19ClN2O2/c1-14-23(24(31)25(32)29-18-5-3-4-16(26)10-18)20-12-19(33-2)8-9-22(20)30(14)13-15-6-7-17(27)11-21(15)28;1-16-22(23(28)24(29)26-19-7-3-2-4-8-19)20-9-5-6-10-21(20)27(16)15-17-11-13-18(25)14-12-17/h3-12H,13H2,1-2H3,(H,29,32);2-14H,15H2,1H3,(H,26,29). The number of ketones is 2. The number of hydrogen-bond donors (Lipinski definition) is 2. The van der Waals surface area contributed by atoms with E-state index in [-0.39, 0.29) is 0 Å². The summed E-state index contributed by atoms with van der Waals surface area (Å²) in [6, 6.07) is 41.5. The molecule has 0 fully saturated rings. The number of nitrogens with one attached hydrogen (secondary N) is 2. The Morgan fingerprint density at radius 1 is 0.532 bits per heavy atom. The number of anilines is 2. The average Bonchev–Trinajstić information content (AvgIpc) is 3.70. The molecule has 13 heteroatoms. The Kier molecular flexibility index (Phi) is 13.5. The number of para-hydroxylation sites is 2. The fourth-order valence-electron chi connectivity index (χ4n) is 7.28. The summed E-state index contributed by atoms with van der Waals surface area (Å²) in [7, 11) is 1.55. The van der Waals surface area contributed by atoms with Crippen LogP contribution in [0.2, 0.25) is 20.1 Å². The number of hydrogen-bond acceptors (Lipinski definition) is 5. The van der Waals surface area contributed by atoms with Gasteiger partial charge in [-0.25, -0.2) is 0 Å². The molecule has 2 aromatic heterocycles. The van der Waals surface area contributed by atoms with Crippen molar-refractivity contribution in [3.63, 3.8) is 0 Å². The van der Waals surface area contributed by atoms with E-state index in [1.165, 1.54) is 0 Å². The van der Waals surface area contributed by atoms with Gasteiger partial charge in [0.2, 0.25) is 0 Å². The lowest BCUT2D eigenvalue weighted by Crippen LogP contribution is -2.23. The molecule has 62 heavy (non-hydrogen) atoms. The molecule has 9 nitrogen and oxygen atoms in total. The fourth-order valence-corrected chi connectivity index (χ4v) is 8.07. The third kappa shape index (κ3) is 9.57. The Morgan fingerprint density at radius 2 is 1.10 bits per heavy atom. The smallest absolute Gasteiger partial charge is 0.296 e. The minimum atomic E-state index is -0.758. The molecule has 0 saturated heterocycles. The number of halogens is 4. The lowest BCUT2D eigenvalue weighted by atomic mass is 10.1. The van der Waals surface area contributed by atoms with Gasteiger partial charge in [0.1, 0.15) is 5.75 Å². The number of carbonyl (C=O) groups excluding carboxylic acids is 4. The first-order valence-electron chi connectivity index (χ1n) is 19.3. The summed E-state index contributed by atoms with van der Waals surface area (Å²) in [5.41, 5.74) is 6.74. The monoisotopic (exact) mass is 902 g/mol. The molecule has 8 aromatic rings. The summed E-state index contributed by atoms with van der Waals surface area (Å²) < 4.78 is 9.36. The highest BCUT2D eigenvalue weighted by Gasteiger charge is 2.27. The van der Waals surface area contributed by atoms with E-state index in [9.17, 15) is 19.2 Å². The van der Waals surface area contributed by atoms with Crippen LogP contribution in [0.4, 0.5) is 11.4 Å². The summed E-state index contributed by atoms with van der Waals surface area (Å²) in [6.07, 6.45) is 0. The molecule has 2 amide bonds. The second kappa shape index (κ2) is 19.1. The van der Waals surface area contributed by atoms with Gasteiger partial charge >= 0.3 is 0 Å². The van der Waals surface area contributed by atoms with Gasteiger partial charge in [-0.1, -0.05) is 107 Å². The van der Waals surface area contributed by atoms with Crippen LogP contribution in [-0.4, -0.2) is 39.6 Å². The third-order valence-corrected chi connectivity index (χ3v) is 11.4. The zero-order valence-electron chi connectivity index (χ0n) is 33.6. The number of nitrogens with zero attached hydrogens (tertiary/aromatic N) is 2. The van der Waals surface area contributed by atoms with E-state index in [2.05, 4.69) is 15.2 Å². The molecule has 0 atom stereocenters. The van der Waals surface area contributed by atoms with Gasteiger partial charge in [-0.05, 0) is 104 Å². The second-order valence-corrected chi connectivity index (χ2v) is 16.0. The molecular weight excluding hydrogens is 866 g/mol. The van der Waals surface area contributed by atoms with Crippen molar-refractivity contribution in [2.45, 2.75) is 26.9 Å². The average molecular weight is 905 g/mol. The van der Waals surface area contributed by atoms with Gasteiger partial charge in [-0.15, -0.1) is 0 Å². The van der Waals surface area contributed by atoms with E-state index in [0.29, 0.717) is 72.5 Å². The quantitative estimate of drug-likeness (QED) is 0.0992. The number of aromatic nitrogens is 2. The van der Waals surface area contributed by atoms with Crippen molar-refractivity contribution in [3.05, 3.63) is 193 Å². The zero-order valence-corrected chi connectivity index (χ0v) is 36.7. The molecule has 0 aliphatic heterocycles. The molecule has 2 heterocycles. The van der Waals surface area contributed by atoms with E-state index in [1.807, 2.05) is 96.4 Å². The Labute approximate surface area is 377 Å². The number of benzene rings is 6.